The Hall–Kier alpha value is -2.17. The maximum Gasteiger partial charge on any atom is 0.259 e. The summed E-state index contributed by atoms with van der Waals surface area (Å²) in [4.78, 5) is 7.63. The van der Waals surface area contributed by atoms with Gasteiger partial charge in [-0.1, -0.05) is 13.0 Å². The zero-order valence-electron chi connectivity index (χ0n) is 10.3. The Bertz CT molecular complexity index is 572. The molecule has 0 aliphatic rings. The molecule has 0 bridgehead atoms. The maximum absolute atomic E-state index is 13.9. The van der Waals surface area contributed by atoms with Crippen molar-refractivity contribution in [1.29, 1.82) is 0 Å². The molecule has 4 nitrogen and oxygen atoms in total. The minimum atomic E-state index is -0.529. The molecule has 1 heterocycles. The minimum Gasteiger partial charge on any atom is -0.436 e. The summed E-state index contributed by atoms with van der Waals surface area (Å²) in [6.07, 6.45) is 1.77. The van der Waals surface area contributed by atoms with E-state index < -0.39 is 5.82 Å². The van der Waals surface area contributed by atoms with Crippen molar-refractivity contribution in [2.75, 3.05) is 5.73 Å². The van der Waals surface area contributed by atoms with Crippen LogP contribution in [-0.2, 0) is 6.42 Å². The van der Waals surface area contributed by atoms with Crippen LogP contribution in [0.4, 0.5) is 10.1 Å². The average molecular weight is 247 g/mol. The summed E-state index contributed by atoms with van der Waals surface area (Å²) in [5.41, 5.74) is 7.63. The van der Waals surface area contributed by atoms with Crippen molar-refractivity contribution in [1.82, 2.24) is 9.97 Å². The quantitative estimate of drug-likeness (QED) is 0.847. The third kappa shape index (κ3) is 2.40. The maximum atomic E-state index is 13.9. The number of ether oxygens (including phenoxy) is 1. The number of nitrogens with zero attached hydrogens (tertiary/aromatic N) is 2. The SMILES string of the molecule is CCc1ncnc(Oc2ccc(C)c(N)c2)c1F. The van der Waals surface area contributed by atoms with Crippen molar-refractivity contribution in [2.45, 2.75) is 20.3 Å². The second kappa shape index (κ2) is 5.00. The molecule has 0 radical (unpaired) electrons. The Morgan fingerprint density at radius 3 is 2.78 bits per heavy atom. The van der Waals surface area contributed by atoms with Crippen LogP contribution in [0.15, 0.2) is 24.5 Å². The molecular weight excluding hydrogens is 233 g/mol. The summed E-state index contributed by atoms with van der Waals surface area (Å²) in [6, 6.07) is 5.17. The van der Waals surface area contributed by atoms with Gasteiger partial charge in [0.25, 0.3) is 5.88 Å². The molecule has 0 unspecified atom stereocenters. The van der Waals surface area contributed by atoms with Gasteiger partial charge in [-0.2, -0.15) is 9.37 Å². The van der Waals surface area contributed by atoms with Gasteiger partial charge in [-0.05, 0) is 25.0 Å². The number of nitrogens with two attached hydrogens (primary N) is 1. The molecule has 18 heavy (non-hydrogen) atoms. The number of anilines is 1. The van der Waals surface area contributed by atoms with Crippen LogP contribution in [0.5, 0.6) is 11.6 Å². The van der Waals surface area contributed by atoms with Gasteiger partial charge < -0.3 is 10.5 Å². The van der Waals surface area contributed by atoms with E-state index in [0.29, 0.717) is 23.6 Å². The van der Waals surface area contributed by atoms with Crippen molar-refractivity contribution in [2.24, 2.45) is 0 Å². The summed E-state index contributed by atoms with van der Waals surface area (Å²) in [7, 11) is 0. The van der Waals surface area contributed by atoms with Crippen molar-refractivity contribution < 1.29 is 9.13 Å². The van der Waals surface area contributed by atoms with E-state index in [4.69, 9.17) is 10.5 Å². The highest BCUT2D eigenvalue weighted by Gasteiger charge is 2.12. The van der Waals surface area contributed by atoms with Gasteiger partial charge >= 0.3 is 0 Å². The molecule has 0 aliphatic carbocycles. The molecule has 1 aromatic heterocycles. The van der Waals surface area contributed by atoms with E-state index in [1.165, 1.54) is 6.33 Å². The molecular formula is C13H14FN3O. The molecule has 0 atom stereocenters. The van der Waals surface area contributed by atoms with Gasteiger partial charge in [-0.15, -0.1) is 0 Å². The molecule has 2 aromatic rings. The van der Waals surface area contributed by atoms with Crippen LogP contribution in [0.1, 0.15) is 18.2 Å². The highest BCUT2D eigenvalue weighted by molar-refractivity contribution is 5.51. The molecule has 94 valence electrons. The molecule has 0 saturated heterocycles. The number of aromatic nitrogens is 2. The van der Waals surface area contributed by atoms with Crippen molar-refractivity contribution in [3.8, 4) is 11.6 Å². The third-order valence-electron chi connectivity index (χ3n) is 2.63. The lowest BCUT2D eigenvalue weighted by atomic mass is 10.2. The summed E-state index contributed by atoms with van der Waals surface area (Å²) >= 11 is 0. The topological polar surface area (TPSA) is 61.0 Å². The number of halogens is 1. The molecule has 0 saturated carbocycles. The normalized spacial score (nSPS) is 10.4. The fourth-order valence-corrected chi connectivity index (χ4v) is 1.50. The molecule has 0 fully saturated rings. The Kier molecular flexibility index (Phi) is 3.41. The van der Waals surface area contributed by atoms with Gasteiger partial charge in [-0.3, -0.25) is 0 Å². The van der Waals surface area contributed by atoms with Crippen LogP contribution in [-0.4, -0.2) is 9.97 Å². The van der Waals surface area contributed by atoms with Crippen LogP contribution in [0.3, 0.4) is 0 Å². The zero-order valence-corrected chi connectivity index (χ0v) is 10.3. The average Bonchev–Trinajstić information content (AvgIpc) is 2.36. The second-order valence-corrected chi connectivity index (χ2v) is 3.91. The van der Waals surface area contributed by atoms with E-state index >= 15 is 0 Å². The fraction of sp³-hybridized carbons (Fsp3) is 0.231. The Morgan fingerprint density at radius 1 is 1.33 bits per heavy atom. The van der Waals surface area contributed by atoms with Gasteiger partial charge in [0.2, 0.25) is 5.82 Å². The van der Waals surface area contributed by atoms with E-state index in [9.17, 15) is 4.39 Å². The van der Waals surface area contributed by atoms with Gasteiger partial charge in [-0.25, -0.2) is 4.98 Å². The largest absolute Gasteiger partial charge is 0.436 e. The van der Waals surface area contributed by atoms with Crippen LogP contribution >= 0.6 is 0 Å². The molecule has 2 rings (SSSR count). The second-order valence-electron chi connectivity index (χ2n) is 3.91. The highest BCUT2D eigenvalue weighted by Crippen LogP contribution is 2.26. The molecule has 0 spiro atoms. The number of hydrogen-bond donors (Lipinski definition) is 1. The third-order valence-corrected chi connectivity index (χ3v) is 2.63. The first kappa shape index (κ1) is 12.3. The molecule has 0 amide bonds. The van der Waals surface area contributed by atoms with Crippen LogP contribution < -0.4 is 10.5 Å². The Labute approximate surface area is 105 Å². The lowest BCUT2D eigenvalue weighted by molar-refractivity contribution is 0.415. The van der Waals surface area contributed by atoms with Crippen molar-refractivity contribution in [3.63, 3.8) is 0 Å². The Balaban J connectivity index is 2.31. The lowest BCUT2D eigenvalue weighted by Gasteiger charge is -2.08. The predicted molar refractivity (Wildman–Crippen MR) is 67.0 cm³/mol. The molecule has 2 N–H and O–H groups in total. The fourth-order valence-electron chi connectivity index (χ4n) is 1.50. The predicted octanol–water partition coefficient (Wildman–Crippen LogP) is 2.86. The van der Waals surface area contributed by atoms with E-state index in [0.717, 1.165) is 5.56 Å². The minimum absolute atomic E-state index is 0.0786. The summed E-state index contributed by atoms with van der Waals surface area (Å²) in [5, 5.41) is 0. The van der Waals surface area contributed by atoms with E-state index in [2.05, 4.69) is 9.97 Å². The Morgan fingerprint density at radius 2 is 2.11 bits per heavy atom. The number of hydrogen-bond acceptors (Lipinski definition) is 4. The first-order valence-electron chi connectivity index (χ1n) is 5.65. The van der Waals surface area contributed by atoms with Crippen molar-refractivity contribution >= 4 is 5.69 Å². The first-order valence-corrected chi connectivity index (χ1v) is 5.65. The summed E-state index contributed by atoms with van der Waals surface area (Å²) in [6.45, 7) is 3.71. The summed E-state index contributed by atoms with van der Waals surface area (Å²) in [5.74, 6) is -0.151. The summed E-state index contributed by atoms with van der Waals surface area (Å²) < 4.78 is 19.2. The van der Waals surface area contributed by atoms with Gasteiger partial charge in [0.15, 0.2) is 0 Å². The van der Waals surface area contributed by atoms with Crippen molar-refractivity contribution in [3.05, 3.63) is 41.6 Å². The number of benzene rings is 1. The standard InChI is InChI=1S/C13H14FN3O/c1-3-11-12(14)13(17-7-16-11)18-9-5-4-8(2)10(15)6-9/h4-7H,3,15H2,1-2H3. The zero-order chi connectivity index (χ0) is 13.1. The van der Waals surface area contributed by atoms with Gasteiger partial charge in [0, 0.05) is 11.8 Å². The van der Waals surface area contributed by atoms with E-state index in [1.807, 2.05) is 19.9 Å². The number of nitrogen functional groups attached to an aromatic ring is 1. The van der Waals surface area contributed by atoms with E-state index in [-0.39, 0.29) is 5.88 Å². The van der Waals surface area contributed by atoms with E-state index in [1.54, 1.807) is 12.1 Å². The smallest absolute Gasteiger partial charge is 0.259 e. The lowest BCUT2D eigenvalue weighted by Crippen LogP contribution is -2.00. The first-order chi connectivity index (χ1) is 8.61. The number of aryl methyl sites for hydroxylation is 2. The van der Waals surface area contributed by atoms with Gasteiger partial charge in [0.05, 0.1) is 5.69 Å². The molecule has 5 heteroatoms. The molecule has 1 aromatic carbocycles. The molecule has 0 aliphatic heterocycles. The van der Waals surface area contributed by atoms with Crippen LogP contribution in [0.25, 0.3) is 0 Å². The van der Waals surface area contributed by atoms with Gasteiger partial charge in [0.1, 0.15) is 12.1 Å². The van der Waals surface area contributed by atoms with Crippen LogP contribution in [0, 0.1) is 12.7 Å². The van der Waals surface area contributed by atoms with Crippen LogP contribution in [0.2, 0.25) is 0 Å². The monoisotopic (exact) mass is 247 g/mol. The number of rotatable bonds is 3. The highest BCUT2D eigenvalue weighted by atomic mass is 19.1.